The Bertz CT molecular complexity index is 1960. The number of hydrogen-bond donors (Lipinski definition) is 3. The number of phosphoric ester groups is 2. The molecule has 0 spiro atoms. The maximum atomic E-state index is 13.1. The van der Waals surface area contributed by atoms with Crippen molar-refractivity contribution < 1.29 is 80.2 Å². The minimum Gasteiger partial charge on any atom is -0.462 e. The van der Waals surface area contributed by atoms with Crippen molar-refractivity contribution in [2.75, 3.05) is 39.6 Å². The highest BCUT2D eigenvalue weighted by Gasteiger charge is 2.30. The number of carbonyl (C=O) groups is 4. The molecule has 0 aliphatic carbocycles. The van der Waals surface area contributed by atoms with Crippen molar-refractivity contribution in [1.29, 1.82) is 0 Å². The third-order valence-corrected chi connectivity index (χ3v) is 21.0. The second-order valence-electron chi connectivity index (χ2n) is 30.9. The fourth-order valence-corrected chi connectivity index (χ4v) is 14.2. The molecule has 0 rings (SSSR count). The van der Waals surface area contributed by atoms with E-state index in [1.54, 1.807) is 0 Å². The zero-order valence-corrected chi connectivity index (χ0v) is 68.2. The summed E-state index contributed by atoms with van der Waals surface area (Å²) < 4.78 is 68.7. The van der Waals surface area contributed by atoms with Crippen LogP contribution >= 0.6 is 15.6 Å². The van der Waals surface area contributed by atoms with Gasteiger partial charge in [0.15, 0.2) is 12.2 Å². The van der Waals surface area contributed by atoms with E-state index in [2.05, 4.69) is 48.5 Å². The largest absolute Gasteiger partial charge is 0.472 e. The molecule has 19 heteroatoms. The first-order valence-corrected chi connectivity index (χ1v) is 45.3. The summed E-state index contributed by atoms with van der Waals surface area (Å²) in [6, 6.07) is 0. The molecule has 17 nitrogen and oxygen atoms in total. The van der Waals surface area contributed by atoms with Crippen LogP contribution in [-0.4, -0.2) is 96.7 Å². The van der Waals surface area contributed by atoms with Gasteiger partial charge in [-0.05, 0) is 43.4 Å². The van der Waals surface area contributed by atoms with Crippen molar-refractivity contribution >= 4 is 39.5 Å². The van der Waals surface area contributed by atoms with E-state index >= 15 is 0 Å². The number of hydrogen-bond acceptors (Lipinski definition) is 15. The molecule has 3 N–H and O–H groups in total. The fraction of sp³-hybridized carbons (Fsp3) is 0.951. The van der Waals surface area contributed by atoms with E-state index in [9.17, 15) is 43.2 Å². The van der Waals surface area contributed by atoms with E-state index in [4.69, 9.17) is 37.0 Å². The number of ether oxygens (including phenoxy) is 4. The van der Waals surface area contributed by atoms with Crippen LogP contribution in [-0.2, 0) is 65.4 Å². The molecule has 5 atom stereocenters. The lowest BCUT2D eigenvalue weighted by Crippen LogP contribution is -2.30. The van der Waals surface area contributed by atoms with Crippen molar-refractivity contribution in [3.8, 4) is 0 Å². The van der Waals surface area contributed by atoms with Crippen LogP contribution in [0, 0.1) is 17.8 Å². The van der Waals surface area contributed by atoms with Crippen LogP contribution in [0.2, 0.25) is 0 Å². The molecule has 0 saturated heterocycles. The number of phosphoric acid groups is 2. The molecule has 600 valence electrons. The van der Waals surface area contributed by atoms with Gasteiger partial charge in [-0.15, -0.1) is 0 Å². The lowest BCUT2D eigenvalue weighted by atomic mass is 10.0. The third-order valence-electron chi connectivity index (χ3n) is 19.1. The van der Waals surface area contributed by atoms with Crippen LogP contribution in [0.5, 0.6) is 0 Å². The minimum absolute atomic E-state index is 0.107. The standard InChI is InChI=1S/C82H160O17P2/c1-8-9-10-11-12-13-35-42-49-56-63-79(84)92-69-77(98-82(87)66-59-52-45-38-31-25-23-28-34-41-48-55-62-75(6)7)71-96-100(88,89)94-67-76(83)68-95-101(90,91)97-72-78(70-93-80(85)64-57-50-43-36-29-24-22-27-33-40-47-54-61-74(4)5)99-81(86)65-58-51-44-37-30-21-19-17-15-14-16-18-20-26-32-39-46-53-60-73(2)3/h73-78,83H,8-72H2,1-7H3,(H,88,89)(H,90,91)/t76-,77+,78+/m0/s1. The van der Waals surface area contributed by atoms with Gasteiger partial charge < -0.3 is 33.8 Å². The van der Waals surface area contributed by atoms with Gasteiger partial charge in [0.25, 0.3) is 0 Å². The minimum atomic E-state index is -4.96. The smallest absolute Gasteiger partial charge is 0.462 e. The van der Waals surface area contributed by atoms with Crippen molar-refractivity contribution in [3.63, 3.8) is 0 Å². The highest BCUT2D eigenvalue weighted by molar-refractivity contribution is 7.47. The summed E-state index contributed by atoms with van der Waals surface area (Å²) >= 11 is 0. The Labute approximate surface area is 619 Å². The predicted molar refractivity (Wildman–Crippen MR) is 414 cm³/mol. The van der Waals surface area contributed by atoms with Gasteiger partial charge in [0, 0.05) is 25.7 Å². The first-order chi connectivity index (χ1) is 48.7. The van der Waals surface area contributed by atoms with Gasteiger partial charge in [-0.3, -0.25) is 37.3 Å². The van der Waals surface area contributed by atoms with Crippen molar-refractivity contribution in [3.05, 3.63) is 0 Å². The number of aliphatic hydroxyl groups excluding tert-OH is 1. The Morgan fingerprint density at radius 3 is 0.673 bits per heavy atom. The highest BCUT2D eigenvalue weighted by atomic mass is 31.2. The quantitative estimate of drug-likeness (QED) is 0.0222. The first-order valence-electron chi connectivity index (χ1n) is 42.3. The zero-order chi connectivity index (χ0) is 74.4. The normalized spacial score (nSPS) is 14.0. The second kappa shape index (κ2) is 72.3. The van der Waals surface area contributed by atoms with Gasteiger partial charge in [-0.25, -0.2) is 9.13 Å². The van der Waals surface area contributed by atoms with E-state index in [-0.39, 0.29) is 25.7 Å². The van der Waals surface area contributed by atoms with Crippen LogP contribution in [0.15, 0.2) is 0 Å². The van der Waals surface area contributed by atoms with Gasteiger partial charge in [-0.2, -0.15) is 0 Å². The van der Waals surface area contributed by atoms with E-state index in [0.29, 0.717) is 25.7 Å². The molecule has 0 bridgehead atoms. The molecule has 0 amide bonds. The third kappa shape index (κ3) is 76.1. The molecule has 0 aliphatic heterocycles. The molecule has 0 radical (unpaired) electrons. The van der Waals surface area contributed by atoms with E-state index in [0.717, 1.165) is 108 Å². The summed E-state index contributed by atoms with van der Waals surface area (Å²) in [7, 11) is -9.92. The van der Waals surface area contributed by atoms with Crippen molar-refractivity contribution in [1.82, 2.24) is 0 Å². The summed E-state index contributed by atoms with van der Waals surface area (Å²) in [5.41, 5.74) is 0. The highest BCUT2D eigenvalue weighted by Crippen LogP contribution is 2.45. The van der Waals surface area contributed by atoms with Gasteiger partial charge in [-0.1, -0.05) is 376 Å². The monoisotopic (exact) mass is 1480 g/mol. The maximum absolute atomic E-state index is 13.1. The number of carbonyl (C=O) groups excluding carboxylic acids is 4. The number of rotatable bonds is 80. The molecular formula is C82H160O17P2. The molecule has 0 aromatic carbocycles. The van der Waals surface area contributed by atoms with Crippen LogP contribution < -0.4 is 0 Å². The number of aliphatic hydroxyl groups is 1. The van der Waals surface area contributed by atoms with Gasteiger partial charge >= 0.3 is 39.5 Å². The zero-order valence-electron chi connectivity index (χ0n) is 66.4. The summed E-state index contributed by atoms with van der Waals surface area (Å²) in [6.45, 7) is 12.0. The van der Waals surface area contributed by atoms with Gasteiger partial charge in [0.1, 0.15) is 19.3 Å². The average molecular weight is 1480 g/mol. The van der Waals surface area contributed by atoms with Crippen LogP contribution in [0.25, 0.3) is 0 Å². The maximum Gasteiger partial charge on any atom is 0.472 e. The lowest BCUT2D eigenvalue weighted by Gasteiger charge is -2.21. The van der Waals surface area contributed by atoms with Gasteiger partial charge in [0.05, 0.1) is 26.4 Å². The van der Waals surface area contributed by atoms with Crippen LogP contribution in [0.3, 0.4) is 0 Å². The molecule has 0 fully saturated rings. The van der Waals surface area contributed by atoms with Crippen LogP contribution in [0.4, 0.5) is 0 Å². The van der Waals surface area contributed by atoms with Gasteiger partial charge in [0.2, 0.25) is 0 Å². The molecule has 0 heterocycles. The Hall–Kier alpha value is -1.94. The Morgan fingerprint density at radius 1 is 0.267 bits per heavy atom. The summed E-state index contributed by atoms with van der Waals surface area (Å²) in [5, 5.41) is 10.6. The molecule has 2 unspecified atom stereocenters. The molecule has 0 aliphatic rings. The molecular weight excluding hydrogens is 1320 g/mol. The number of unbranched alkanes of at least 4 members (excludes halogenated alkanes) is 48. The summed E-state index contributed by atoms with van der Waals surface area (Å²) in [6.07, 6.45) is 61.0. The topological polar surface area (TPSA) is 237 Å². The van der Waals surface area contributed by atoms with Crippen LogP contribution in [0.1, 0.15) is 427 Å². The SMILES string of the molecule is CCCCCCCCCCCCC(=O)OC[C@H](COP(=O)(O)OC[C@H](O)COP(=O)(O)OC[C@@H](COC(=O)CCCCCCCCCCCCCCC(C)C)OC(=O)CCCCCCCCCCCCCCCCCCCCC(C)C)OC(=O)CCCCCCCCCCCCCCC(C)C. The number of esters is 4. The Morgan fingerprint density at radius 2 is 0.455 bits per heavy atom. The van der Waals surface area contributed by atoms with E-state index in [1.165, 1.54) is 238 Å². The predicted octanol–water partition coefficient (Wildman–Crippen LogP) is 24.5. The Balaban J connectivity index is 5.22. The van der Waals surface area contributed by atoms with Crippen molar-refractivity contribution in [2.45, 2.75) is 446 Å². The molecule has 0 aromatic heterocycles. The Kier molecular flexibility index (Phi) is 70.9. The summed E-state index contributed by atoms with van der Waals surface area (Å²) in [5.74, 6) is 0.270. The first kappa shape index (κ1) is 99.1. The summed E-state index contributed by atoms with van der Waals surface area (Å²) in [4.78, 5) is 73.0. The van der Waals surface area contributed by atoms with Crippen molar-refractivity contribution in [2.24, 2.45) is 17.8 Å². The molecule has 0 aromatic rings. The van der Waals surface area contributed by atoms with E-state index < -0.39 is 97.5 Å². The second-order valence-corrected chi connectivity index (χ2v) is 33.8. The lowest BCUT2D eigenvalue weighted by molar-refractivity contribution is -0.161. The fourth-order valence-electron chi connectivity index (χ4n) is 12.7. The van der Waals surface area contributed by atoms with E-state index in [1.807, 2.05) is 0 Å². The average Bonchev–Trinajstić information content (AvgIpc) is 1.53. The molecule has 101 heavy (non-hydrogen) atoms. The molecule has 0 saturated carbocycles.